The Balaban J connectivity index is 1.53. The number of amides is 2. The predicted octanol–water partition coefficient (Wildman–Crippen LogP) is 2.03. The van der Waals surface area contributed by atoms with Crippen molar-refractivity contribution in [2.24, 2.45) is 11.7 Å². The molecule has 0 radical (unpaired) electrons. The molecule has 0 bridgehead atoms. The van der Waals surface area contributed by atoms with E-state index in [4.69, 9.17) is 5.73 Å². The van der Waals surface area contributed by atoms with Gasteiger partial charge in [0.1, 0.15) is 0 Å². The number of fused-ring (bicyclic) bond motifs is 1. The number of nitrogens with zero attached hydrogens (tertiary/aromatic N) is 1. The van der Waals surface area contributed by atoms with Gasteiger partial charge in [-0.2, -0.15) is 0 Å². The Hall–Kier alpha value is -2.14. The van der Waals surface area contributed by atoms with Crippen LogP contribution in [0.5, 0.6) is 0 Å². The molecule has 1 unspecified atom stereocenters. The first-order chi connectivity index (χ1) is 12.4. The highest BCUT2D eigenvalue weighted by atomic mass is 16.2. The van der Waals surface area contributed by atoms with Crippen LogP contribution < -0.4 is 11.1 Å². The molecule has 1 heterocycles. The number of rotatable bonds is 4. The third-order valence-electron chi connectivity index (χ3n) is 5.74. The Morgan fingerprint density at radius 3 is 2.54 bits per heavy atom. The number of carbonyl (C=O) groups excluding carboxylic acids is 2. The topological polar surface area (TPSA) is 75.4 Å². The highest BCUT2D eigenvalue weighted by Gasteiger charge is 2.29. The van der Waals surface area contributed by atoms with Crippen molar-refractivity contribution in [1.29, 1.82) is 0 Å². The van der Waals surface area contributed by atoms with Crippen LogP contribution in [0.4, 0.5) is 0 Å². The zero-order chi connectivity index (χ0) is 18.8. The molecule has 1 aliphatic carbocycles. The van der Waals surface area contributed by atoms with E-state index in [9.17, 15) is 9.59 Å². The molecule has 1 aromatic carbocycles. The minimum absolute atomic E-state index is 0.0179. The van der Waals surface area contributed by atoms with Gasteiger partial charge in [0.15, 0.2) is 0 Å². The van der Waals surface area contributed by atoms with Gasteiger partial charge in [-0.05, 0) is 62.3 Å². The fourth-order valence-electron chi connectivity index (χ4n) is 4.00. The zero-order valence-electron chi connectivity index (χ0n) is 15.9. The van der Waals surface area contributed by atoms with Crippen LogP contribution in [0, 0.1) is 12.8 Å². The normalized spacial score (nSPS) is 19.5. The van der Waals surface area contributed by atoms with Crippen molar-refractivity contribution in [2.45, 2.75) is 52.1 Å². The summed E-state index contributed by atoms with van der Waals surface area (Å²) in [5, 5.41) is 3.18. The van der Waals surface area contributed by atoms with Gasteiger partial charge in [-0.15, -0.1) is 0 Å². The van der Waals surface area contributed by atoms with Gasteiger partial charge >= 0.3 is 0 Å². The SMILES string of the molecule is Cc1cccc2c1CC(C(=O)NC(C)C1CCN(C(=O)[C@H](C)N)CC1)=C2. The van der Waals surface area contributed by atoms with Gasteiger partial charge in [0.25, 0.3) is 0 Å². The molecule has 26 heavy (non-hydrogen) atoms. The zero-order valence-corrected chi connectivity index (χ0v) is 15.9. The molecule has 2 amide bonds. The number of carbonyl (C=O) groups is 2. The van der Waals surface area contributed by atoms with Gasteiger partial charge in [0.05, 0.1) is 6.04 Å². The predicted molar refractivity (Wildman–Crippen MR) is 103 cm³/mol. The number of likely N-dealkylation sites (tertiary alicyclic amines) is 1. The first kappa shape index (κ1) is 18.6. The second-order valence-electron chi connectivity index (χ2n) is 7.70. The first-order valence-corrected chi connectivity index (χ1v) is 9.51. The Morgan fingerprint density at radius 1 is 1.23 bits per heavy atom. The molecule has 3 N–H and O–H groups in total. The first-order valence-electron chi connectivity index (χ1n) is 9.51. The molecule has 5 nitrogen and oxygen atoms in total. The minimum atomic E-state index is -0.442. The van der Waals surface area contributed by atoms with E-state index in [1.165, 1.54) is 11.1 Å². The molecule has 0 aromatic heterocycles. The second kappa shape index (κ2) is 7.62. The number of piperidine rings is 1. The molecular weight excluding hydrogens is 326 g/mol. The summed E-state index contributed by atoms with van der Waals surface area (Å²) >= 11 is 0. The van der Waals surface area contributed by atoms with Crippen LogP contribution in [0.1, 0.15) is 43.4 Å². The highest BCUT2D eigenvalue weighted by Crippen LogP contribution is 2.28. The van der Waals surface area contributed by atoms with Crippen molar-refractivity contribution in [3.63, 3.8) is 0 Å². The van der Waals surface area contributed by atoms with E-state index < -0.39 is 6.04 Å². The standard InChI is InChI=1S/C21H29N3O2/c1-13-5-4-6-17-11-18(12-19(13)17)20(25)23-15(3)16-7-9-24(10-8-16)21(26)14(2)22/h4-6,11,14-16H,7-10,12,22H2,1-3H3,(H,23,25)/t14-,15?/m0/s1. The fraction of sp³-hybridized carbons (Fsp3) is 0.524. The number of hydrogen-bond donors (Lipinski definition) is 2. The molecule has 1 fully saturated rings. The molecule has 1 aliphatic heterocycles. The van der Waals surface area contributed by atoms with Crippen molar-refractivity contribution in [1.82, 2.24) is 10.2 Å². The maximum atomic E-state index is 12.7. The summed E-state index contributed by atoms with van der Waals surface area (Å²) in [5.41, 5.74) is 10.2. The van der Waals surface area contributed by atoms with Crippen LogP contribution in [-0.2, 0) is 16.0 Å². The van der Waals surface area contributed by atoms with Crippen molar-refractivity contribution < 1.29 is 9.59 Å². The molecule has 3 rings (SSSR count). The maximum Gasteiger partial charge on any atom is 0.247 e. The van der Waals surface area contributed by atoms with E-state index >= 15 is 0 Å². The van der Waals surface area contributed by atoms with Crippen LogP contribution in [0.3, 0.4) is 0 Å². The van der Waals surface area contributed by atoms with Gasteiger partial charge < -0.3 is 16.0 Å². The van der Waals surface area contributed by atoms with E-state index in [2.05, 4.69) is 31.3 Å². The fourth-order valence-corrected chi connectivity index (χ4v) is 4.00. The van der Waals surface area contributed by atoms with Crippen molar-refractivity contribution in [3.8, 4) is 0 Å². The van der Waals surface area contributed by atoms with Gasteiger partial charge in [-0.3, -0.25) is 9.59 Å². The van der Waals surface area contributed by atoms with Crippen LogP contribution in [0.25, 0.3) is 6.08 Å². The lowest BCUT2D eigenvalue weighted by molar-refractivity contribution is -0.134. The summed E-state index contributed by atoms with van der Waals surface area (Å²) in [7, 11) is 0. The lowest BCUT2D eigenvalue weighted by Crippen LogP contribution is -2.49. The molecule has 0 spiro atoms. The van der Waals surface area contributed by atoms with Crippen LogP contribution in [0.15, 0.2) is 23.8 Å². The average Bonchev–Trinajstić information content (AvgIpc) is 3.07. The third kappa shape index (κ3) is 3.83. The quantitative estimate of drug-likeness (QED) is 0.868. The number of nitrogens with one attached hydrogen (secondary N) is 1. The average molecular weight is 355 g/mol. The Labute approximate surface area is 155 Å². The summed E-state index contributed by atoms with van der Waals surface area (Å²) in [6.07, 6.45) is 4.52. The van der Waals surface area contributed by atoms with Crippen molar-refractivity contribution in [2.75, 3.05) is 13.1 Å². The monoisotopic (exact) mass is 355 g/mol. The van der Waals surface area contributed by atoms with Gasteiger partial charge in [0.2, 0.25) is 11.8 Å². The number of benzene rings is 1. The van der Waals surface area contributed by atoms with Gasteiger partial charge in [-0.25, -0.2) is 0 Å². The molecule has 140 valence electrons. The van der Waals surface area contributed by atoms with E-state index in [-0.39, 0.29) is 17.9 Å². The van der Waals surface area contributed by atoms with Crippen molar-refractivity contribution >= 4 is 17.9 Å². The lowest BCUT2D eigenvalue weighted by Gasteiger charge is -2.35. The maximum absolute atomic E-state index is 12.7. The number of hydrogen-bond acceptors (Lipinski definition) is 3. The highest BCUT2D eigenvalue weighted by molar-refractivity contribution is 6.00. The van der Waals surface area contributed by atoms with Gasteiger partial charge in [-0.1, -0.05) is 18.2 Å². The molecule has 5 heteroatoms. The van der Waals surface area contributed by atoms with E-state index in [1.807, 2.05) is 17.0 Å². The minimum Gasteiger partial charge on any atom is -0.350 e. The summed E-state index contributed by atoms with van der Waals surface area (Å²) in [5.74, 6) is 0.439. The molecule has 1 saturated heterocycles. The molecule has 1 aromatic rings. The third-order valence-corrected chi connectivity index (χ3v) is 5.74. The Morgan fingerprint density at radius 2 is 1.92 bits per heavy atom. The Kier molecular flexibility index (Phi) is 5.47. The summed E-state index contributed by atoms with van der Waals surface area (Å²) in [6, 6.07) is 5.85. The van der Waals surface area contributed by atoms with Crippen LogP contribution in [0.2, 0.25) is 0 Å². The van der Waals surface area contributed by atoms with E-state index in [1.54, 1.807) is 6.92 Å². The number of nitrogens with two attached hydrogens (primary N) is 1. The molecule has 0 saturated carbocycles. The smallest absolute Gasteiger partial charge is 0.247 e. The van der Waals surface area contributed by atoms with Gasteiger partial charge in [0, 0.05) is 31.1 Å². The van der Waals surface area contributed by atoms with Crippen LogP contribution >= 0.6 is 0 Å². The van der Waals surface area contributed by atoms with Crippen LogP contribution in [-0.4, -0.2) is 41.9 Å². The molecule has 2 aliphatic rings. The van der Waals surface area contributed by atoms with Crippen molar-refractivity contribution in [3.05, 3.63) is 40.5 Å². The van der Waals surface area contributed by atoms with E-state index in [0.29, 0.717) is 12.3 Å². The summed E-state index contributed by atoms with van der Waals surface area (Å²) in [4.78, 5) is 26.5. The Bertz CT molecular complexity index is 731. The lowest BCUT2D eigenvalue weighted by atomic mass is 9.90. The largest absolute Gasteiger partial charge is 0.350 e. The molecular formula is C21H29N3O2. The van der Waals surface area contributed by atoms with E-state index in [0.717, 1.165) is 37.1 Å². The second-order valence-corrected chi connectivity index (χ2v) is 7.70. The number of aryl methyl sites for hydroxylation is 1. The summed E-state index contributed by atoms with van der Waals surface area (Å²) in [6.45, 7) is 7.33. The molecule has 2 atom stereocenters. The summed E-state index contributed by atoms with van der Waals surface area (Å²) < 4.78 is 0.